The fraction of sp³-hybridized carbons (Fsp3) is 0.500. The summed E-state index contributed by atoms with van der Waals surface area (Å²) in [6.45, 7) is 2.68. The second kappa shape index (κ2) is 6.86. The predicted octanol–water partition coefficient (Wildman–Crippen LogP) is 1.20. The van der Waals surface area contributed by atoms with Crippen LogP contribution in [0.5, 0.6) is 0 Å². The van der Waals surface area contributed by atoms with Crippen LogP contribution in [0.2, 0.25) is 5.02 Å². The van der Waals surface area contributed by atoms with Gasteiger partial charge in [0.2, 0.25) is 0 Å². The molecule has 0 aliphatic carbocycles. The van der Waals surface area contributed by atoms with Gasteiger partial charge >= 0.3 is 5.97 Å². The monoisotopic (exact) mass is 338 g/mol. The minimum Gasteiger partial charge on any atom is -0.480 e. The summed E-state index contributed by atoms with van der Waals surface area (Å²) in [7, 11) is 0. The maximum Gasteiger partial charge on any atom is 0.317 e. The van der Waals surface area contributed by atoms with Crippen molar-refractivity contribution in [3.63, 3.8) is 0 Å². The Hall–Kier alpha value is -1.63. The van der Waals surface area contributed by atoms with Gasteiger partial charge in [-0.1, -0.05) is 17.7 Å². The van der Waals surface area contributed by atoms with E-state index in [1.165, 1.54) is 0 Å². The quantitative estimate of drug-likeness (QED) is 0.896. The third-order valence-electron chi connectivity index (χ3n) is 4.24. The summed E-state index contributed by atoms with van der Waals surface area (Å²) in [6.07, 6.45) is 0. The van der Waals surface area contributed by atoms with Gasteiger partial charge in [0.05, 0.1) is 25.8 Å². The van der Waals surface area contributed by atoms with Gasteiger partial charge in [0.25, 0.3) is 5.91 Å². The van der Waals surface area contributed by atoms with Crippen LogP contribution >= 0.6 is 11.6 Å². The largest absolute Gasteiger partial charge is 0.480 e. The van der Waals surface area contributed by atoms with Gasteiger partial charge in [-0.15, -0.1) is 0 Å². The van der Waals surface area contributed by atoms with E-state index in [0.29, 0.717) is 43.4 Å². The first kappa shape index (κ1) is 16.2. The number of carboxylic acids is 1. The molecule has 3 rings (SSSR count). The number of carboxylic acid groups (broad SMARTS) is 1. The smallest absolute Gasteiger partial charge is 0.317 e. The van der Waals surface area contributed by atoms with Crippen LogP contribution in [0.4, 0.5) is 0 Å². The van der Waals surface area contributed by atoms with Gasteiger partial charge in [0, 0.05) is 36.1 Å². The van der Waals surface area contributed by atoms with Crippen LogP contribution in [0, 0.1) is 5.92 Å². The number of ether oxygens (including phenoxy) is 1. The van der Waals surface area contributed by atoms with Crippen molar-refractivity contribution in [1.82, 2.24) is 9.80 Å². The predicted molar refractivity (Wildman–Crippen MR) is 84.7 cm³/mol. The first-order valence-corrected chi connectivity index (χ1v) is 7.99. The molecule has 6 nitrogen and oxygen atoms in total. The number of carbonyl (C=O) groups is 2. The second-order valence-electron chi connectivity index (χ2n) is 6.11. The molecular weight excluding hydrogens is 320 g/mol. The number of hydrogen-bond acceptors (Lipinski definition) is 4. The molecule has 2 aliphatic heterocycles. The van der Waals surface area contributed by atoms with E-state index in [0.717, 1.165) is 0 Å². The third-order valence-corrected chi connectivity index (χ3v) is 4.47. The topological polar surface area (TPSA) is 70.1 Å². The van der Waals surface area contributed by atoms with E-state index in [-0.39, 0.29) is 24.4 Å². The molecule has 1 aromatic rings. The average Bonchev–Trinajstić information content (AvgIpc) is 2.76. The molecule has 0 saturated carbocycles. The summed E-state index contributed by atoms with van der Waals surface area (Å²) < 4.78 is 5.66. The third kappa shape index (κ3) is 3.83. The van der Waals surface area contributed by atoms with Crippen molar-refractivity contribution in [1.29, 1.82) is 0 Å². The van der Waals surface area contributed by atoms with Crippen molar-refractivity contribution >= 4 is 23.5 Å². The zero-order valence-electron chi connectivity index (χ0n) is 12.7. The van der Waals surface area contributed by atoms with Crippen molar-refractivity contribution < 1.29 is 19.4 Å². The molecule has 1 N–H and O–H groups in total. The molecule has 2 bridgehead atoms. The van der Waals surface area contributed by atoms with Gasteiger partial charge in [-0.3, -0.25) is 14.5 Å². The van der Waals surface area contributed by atoms with Crippen LogP contribution in [0.1, 0.15) is 10.4 Å². The highest BCUT2D eigenvalue weighted by molar-refractivity contribution is 6.30. The molecule has 0 unspecified atom stereocenters. The summed E-state index contributed by atoms with van der Waals surface area (Å²) in [5.74, 6) is -0.811. The summed E-state index contributed by atoms with van der Waals surface area (Å²) >= 11 is 5.98. The number of amides is 1. The van der Waals surface area contributed by atoms with Crippen molar-refractivity contribution in [2.45, 2.75) is 6.04 Å². The Labute approximate surface area is 139 Å². The number of carbonyl (C=O) groups excluding carboxylic acids is 1. The highest BCUT2D eigenvalue weighted by atomic mass is 35.5. The Morgan fingerprint density at radius 2 is 2.09 bits per heavy atom. The molecule has 1 aromatic carbocycles. The van der Waals surface area contributed by atoms with Gasteiger partial charge in [-0.2, -0.15) is 0 Å². The molecule has 124 valence electrons. The van der Waals surface area contributed by atoms with Crippen LogP contribution in [-0.4, -0.2) is 72.2 Å². The van der Waals surface area contributed by atoms with E-state index in [1.807, 2.05) is 9.80 Å². The lowest BCUT2D eigenvalue weighted by Gasteiger charge is -2.30. The minimum absolute atomic E-state index is 0.00774. The van der Waals surface area contributed by atoms with Gasteiger partial charge in [0.15, 0.2) is 0 Å². The Morgan fingerprint density at radius 1 is 1.26 bits per heavy atom. The summed E-state index contributed by atoms with van der Waals surface area (Å²) in [5.41, 5.74) is 0.551. The number of fused-ring (bicyclic) bond motifs is 3. The fourth-order valence-electron chi connectivity index (χ4n) is 3.30. The van der Waals surface area contributed by atoms with Crippen LogP contribution in [0.3, 0.4) is 0 Å². The molecule has 2 heterocycles. The number of halogens is 1. The van der Waals surface area contributed by atoms with E-state index in [4.69, 9.17) is 21.4 Å². The standard InChI is InChI=1S/C16H19ClN2O4/c17-13-3-1-2-12(4-13)16(22)19-6-11-5-18(8-15(20)21)7-14(19)10-23-9-11/h1-4,11,14H,5-10H2,(H,20,21)/t11-,14-/m0/s1. The Morgan fingerprint density at radius 3 is 2.83 bits per heavy atom. The van der Waals surface area contributed by atoms with Gasteiger partial charge < -0.3 is 14.7 Å². The van der Waals surface area contributed by atoms with Gasteiger partial charge in [0.1, 0.15) is 0 Å². The Bertz CT molecular complexity index is 609. The lowest BCUT2D eigenvalue weighted by molar-refractivity contribution is -0.138. The highest BCUT2D eigenvalue weighted by Gasteiger charge is 2.36. The SMILES string of the molecule is O=C(O)CN1C[C@@H]2COC[C@H](C1)N(C(=O)c1cccc(Cl)c1)C2. The number of nitrogens with zero attached hydrogens (tertiary/aromatic N) is 2. The van der Waals surface area contributed by atoms with Crippen molar-refractivity contribution in [3.05, 3.63) is 34.9 Å². The van der Waals surface area contributed by atoms with E-state index < -0.39 is 5.97 Å². The second-order valence-corrected chi connectivity index (χ2v) is 6.55. The molecule has 1 amide bonds. The molecule has 2 fully saturated rings. The van der Waals surface area contributed by atoms with E-state index in [2.05, 4.69) is 0 Å². The molecule has 7 heteroatoms. The maximum absolute atomic E-state index is 12.9. The summed E-state index contributed by atoms with van der Waals surface area (Å²) in [6, 6.07) is 6.75. The molecule has 0 spiro atoms. The van der Waals surface area contributed by atoms with E-state index >= 15 is 0 Å². The van der Waals surface area contributed by atoms with E-state index in [9.17, 15) is 9.59 Å². The van der Waals surface area contributed by atoms with E-state index in [1.54, 1.807) is 24.3 Å². The molecule has 0 aromatic heterocycles. The average molecular weight is 339 g/mol. The van der Waals surface area contributed by atoms with Gasteiger partial charge in [-0.25, -0.2) is 0 Å². The molecule has 2 aliphatic rings. The zero-order chi connectivity index (χ0) is 16.4. The van der Waals surface area contributed by atoms with Crippen LogP contribution in [0.15, 0.2) is 24.3 Å². The summed E-state index contributed by atoms with van der Waals surface area (Å²) in [4.78, 5) is 27.6. The Balaban J connectivity index is 1.82. The fourth-order valence-corrected chi connectivity index (χ4v) is 3.49. The number of rotatable bonds is 3. The zero-order valence-corrected chi connectivity index (χ0v) is 13.4. The summed E-state index contributed by atoms with van der Waals surface area (Å²) in [5, 5.41) is 9.56. The first-order valence-electron chi connectivity index (χ1n) is 7.61. The number of aliphatic carboxylic acids is 1. The molecule has 2 atom stereocenters. The first-order chi connectivity index (χ1) is 11.0. The van der Waals surface area contributed by atoms with Crippen molar-refractivity contribution in [2.75, 3.05) is 39.4 Å². The lowest BCUT2D eigenvalue weighted by Crippen LogP contribution is -2.47. The van der Waals surface area contributed by atoms with Crippen LogP contribution < -0.4 is 0 Å². The van der Waals surface area contributed by atoms with Crippen LogP contribution in [-0.2, 0) is 9.53 Å². The lowest BCUT2D eigenvalue weighted by atomic mass is 10.1. The maximum atomic E-state index is 12.9. The number of hydrogen-bond donors (Lipinski definition) is 1. The normalized spacial score (nSPS) is 25.0. The van der Waals surface area contributed by atoms with Crippen LogP contribution in [0.25, 0.3) is 0 Å². The molecule has 2 saturated heterocycles. The number of benzene rings is 1. The van der Waals surface area contributed by atoms with Gasteiger partial charge in [-0.05, 0) is 18.2 Å². The molecule has 0 radical (unpaired) electrons. The highest BCUT2D eigenvalue weighted by Crippen LogP contribution is 2.22. The van der Waals surface area contributed by atoms with Crippen molar-refractivity contribution in [3.8, 4) is 0 Å². The minimum atomic E-state index is -0.849. The van der Waals surface area contributed by atoms with Crippen molar-refractivity contribution in [2.24, 2.45) is 5.92 Å². The molecular formula is C16H19ClN2O4. The molecule has 23 heavy (non-hydrogen) atoms. The Kier molecular flexibility index (Phi) is 4.84.